The summed E-state index contributed by atoms with van der Waals surface area (Å²) in [6.07, 6.45) is 3.82. The minimum atomic E-state index is -0.440. The van der Waals surface area contributed by atoms with Crippen molar-refractivity contribution in [2.24, 2.45) is 17.6 Å². The van der Waals surface area contributed by atoms with Crippen LogP contribution in [0.1, 0.15) is 36.5 Å². The molecule has 2 atom stereocenters. The molecule has 18 heavy (non-hydrogen) atoms. The molecular formula is C14H21N3O. The van der Waals surface area contributed by atoms with E-state index in [1.165, 1.54) is 19.3 Å². The summed E-state index contributed by atoms with van der Waals surface area (Å²) in [4.78, 5) is 11.3. The first-order valence-electron chi connectivity index (χ1n) is 6.49. The normalized spacial score (nSPS) is 22.9. The average molecular weight is 247 g/mol. The monoisotopic (exact) mass is 247 g/mol. The van der Waals surface area contributed by atoms with Gasteiger partial charge in [-0.15, -0.1) is 0 Å². The van der Waals surface area contributed by atoms with Crippen LogP contribution in [0.2, 0.25) is 0 Å². The van der Waals surface area contributed by atoms with E-state index in [0.29, 0.717) is 17.2 Å². The van der Waals surface area contributed by atoms with Crippen LogP contribution in [-0.2, 0) is 0 Å². The summed E-state index contributed by atoms with van der Waals surface area (Å²) in [5.41, 5.74) is 12.8. The van der Waals surface area contributed by atoms with E-state index in [2.05, 4.69) is 12.2 Å². The van der Waals surface area contributed by atoms with Crippen LogP contribution >= 0.6 is 0 Å². The Kier molecular flexibility index (Phi) is 3.75. The number of hydrogen-bond acceptors (Lipinski definition) is 3. The van der Waals surface area contributed by atoms with Crippen LogP contribution in [-0.4, -0.2) is 12.5 Å². The van der Waals surface area contributed by atoms with Crippen molar-refractivity contribution in [3.63, 3.8) is 0 Å². The van der Waals surface area contributed by atoms with E-state index in [9.17, 15) is 4.79 Å². The van der Waals surface area contributed by atoms with Gasteiger partial charge in [0.1, 0.15) is 0 Å². The lowest BCUT2D eigenvalue weighted by Crippen LogP contribution is -2.17. The topological polar surface area (TPSA) is 81.1 Å². The van der Waals surface area contributed by atoms with Gasteiger partial charge in [-0.25, -0.2) is 0 Å². The summed E-state index contributed by atoms with van der Waals surface area (Å²) in [5, 5.41) is 3.33. The molecule has 1 amide bonds. The molecule has 0 aromatic heterocycles. The molecule has 1 aliphatic rings. The number of nitrogens with two attached hydrogens (primary N) is 2. The van der Waals surface area contributed by atoms with Crippen LogP contribution in [0.25, 0.3) is 0 Å². The maximum absolute atomic E-state index is 11.3. The highest BCUT2D eigenvalue weighted by Gasteiger charge is 2.21. The van der Waals surface area contributed by atoms with Crippen molar-refractivity contribution in [1.29, 1.82) is 0 Å². The Labute approximate surface area is 108 Å². The summed E-state index contributed by atoms with van der Waals surface area (Å²) < 4.78 is 0. The fourth-order valence-electron chi connectivity index (χ4n) is 2.68. The molecule has 1 aliphatic carbocycles. The Hall–Kier alpha value is -1.71. The van der Waals surface area contributed by atoms with E-state index in [-0.39, 0.29) is 0 Å². The lowest BCUT2D eigenvalue weighted by molar-refractivity contribution is 0.100. The first-order valence-corrected chi connectivity index (χ1v) is 6.49. The number of nitrogen functional groups attached to an aromatic ring is 1. The van der Waals surface area contributed by atoms with E-state index in [1.54, 1.807) is 12.1 Å². The number of nitrogens with one attached hydrogen (secondary N) is 1. The third-order valence-corrected chi connectivity index (χ3v) is 3.69. The van der Waals surface area contributed by atoms with Gasteiger partial charge in [0.2, 0.25) is 0 Å². The molecule has 5 N–H and O–H groups in total. The summed E-state index contributed by atoms with van der Waals surface area (Å²) in [6, 6.07) is 5.24. The fraction of sp³-hybridized carbons (Fsp3) is 0.500. The Morgan fingerprint density at radius 3 is 2.83 bits per heavy atom. The van der Waals surface area contributed by atoms with Gasteiger partial charge in [-0.3, -0.25) is 4.79 Å². The third kappa shape index (κ3) is 2.94. The Morgan fingerprint density at radius 2 is 2.22 bits per heavy atom. The predicted octanol–water partition coefficient (Wildman–Crippen LogP) is 2.22. The molecule has 1 saturated carbocycles. The molecule has 1 aromatic carbocycles. The number of carbonyl (C=O) groups is 1. The minimum Gasteiger partial charge on any atom is -0.399 e. The highest BCUT2D eigenvalue weighted by atomic mass is 16.1. The molecule has 0 spiro atoms. The van der Waals surface area contributed by atoms with Crippen molar-refractivity contribution >= 4 is 17.3 Å². The maximum Gasteiger partial charge on any atom is 0.250 e. The highest BCUT2D eigenvalue weighted by Crippen LogP contribution is 2.30. The zero-order valence-corrected chi connectivity index (χ0v) is 10.8. The second-order valence-corrected chi connectivity index (χ2v) is 5.33. The molecule has 0 saturated heterocycles. The van der Waals surface area contributed by atoms with Gasteiger partial charge in [0.15, 0.2) is 0 Å². The Bertz CT molecular complexity index is 445. The number of anilines is 2. The molecular weight excluding hydrogens is 226 g/mol. The second-order valence-electron chi connectivity index (χ2n) is 5.33. The van der Waals surface area contributed by atoms with Crippen molar-refractivity contribution in [2.45, 2.75) is 26.2 Å². The number of benzene rings is 1. The summed E-state index contributed by atoms with van der Waals surface area (Å²) >= 11 is 0. The van der Waals surface area contributed by atoms with Crippen LogP contribution < -0.4 is 16.8 Å². The van der Waals surface area contributed by atoms with Crippen molar-refractivity contribution in [2.75, 3.05) is 17.6 Å². The van der Waals surface area contributed by atoms with Crippen molar-refractivity contribution < 1.29 is 4.79 Å². The smallest absolute Gasteiger partial charge is 0.250 e. The lowest BCUT2D eigenvalue weighted by Gasteiger charge is -2.14. The zero-order valence-electron chi connectivity index (χ0n) is 10.8. The molecule has 2 unspecified atom stereocenters. The van der Waals surface area contributed by atoms with E-state index < -0.39 is 5.91 Å². The van der Waals surface area contributed by atoms with Crippen LogP contribution in [0, 0.1) is 11.8 Å². The number of primary amides is 1. The largest absolute Gasteiger partial charge is 0.399 e. The molecule has 0 radical (unpaired) electrons. The zero-order chi connectivity index (χ0) is 13.1. The number of hydrogen-bond donors (Lipinski definition) is 3. The van der Waals surface area contributed by atoms with Gasteiger partial charge in [-0.2, -0.15) is 0 Å². The van der Waals surface area contributed by atoms with Crippen molar-refractivity contribution in [3.05, 3.63) is 23.8 Å². The highest BCUT2D eigenvalue weighted by molar-refractivity contribution is 5.99. The molecule has 4 heteroatoms. The summed E-state index contributed by atoms with van der Waals surface area (Å²) in [6.45, 7) is 3.19. The molecule has 0 bridgehead atoms. The maximum atomic E-state index is 11.3. The van der Waals surface area contributed by atoms with Crippen LogP contribution in [0.4, 0.5) is 11.4 Å². The Morgan fingerprint density at radius 1 is 1.44 bits per heavy atom. The van der Waals surface area contributed by atoms with Gasteiger partial charge in [0, 0.05) is 17.9 Å². The van der Waals surface area contributed by atoms with Crippen LogP contribution in [0.3, 0.4) is 0 Å². The van der Waals surface area contributed by atoms with E-state index in [0.717, 1.165) is 18.2 Å². The lowest BCUT2D eigenvalue weighted by atomic mass is 10.1. The predicted molar refractivity (Wildman–Crippen MR) is 74.4 cm³/mol. The molecule has 4 nitrogen and oxygen atoms in total. The molecule has 2 rings (SSSR count). The van der Waals surface area contributed by atoms with Gasteiger partial charge in [0.25, 0.3) is 5.91 Å². The SMILES string of the molecule is CC1CCC(CNc2ccc(N)cc2C(N)=O)C1. The number of carbonyl (C=O) groups excluding carboxylic acids is 1. The second kappa shape index (κ2) is 5.29. The standard InChI is InChI=1S/C14H21N3O/c1-9-2-3-10(6-9)8-17-13-5-4-11(15)7-12(13)14(16)18/h4-5,7,9-10,17H,2-3,6,8,15H2,1H3,(H2,16,18). The first kappa shape index (κ1) is 12.7. The molecule has 98 valence electrons. The third-order valence-electron chi connectivity index (χ3n) is 3.69. The Balaban J connectivity index is 2.02. The van der Waals surface area contributed by atoms with Gasteiger partial charge < -0.3 is 16.8 Å². The van der Waals surface area contributed by atoms with E-state index in [1.807, 2.05) is 6.07 Å². The first-order chi connectivity index (χ1) is 8.56. The number of rotatable bonds is 4. The molecule has 1 fully saturated rings. The van der Waals surface area contributed by atoms with Gasteiger partial charge >= 0.3 is 0 Å². The fourth-order valence-corrected chi connectivity index (χ4v) is 2.68. The van der Waals surface area contributed by atoms with Crippen LogP contribution in [0.5, 0.6) is 0 Å². The quantitative estimate of drug-likeness (QED) is 0.713. The molecule has 1 aromatic rings. The summed E-state index contributed by atoms with van der Waals surface area (Å²) in [5.74, 6) is 1.07. The van der Waals surface area contributed by atoms with Crippen molar-refractivity contribution in [1.82, 2.24) is 0 Å². The molecule has 0 heterocycles. The summed E-state index contributed by atoms with van der Waals surface area (Å²) in [7, 11) is 0. The van der Waals surface area contributed by atoms with E-state index in [4.69, 9.17) is 11.5 Å². The van der Waals surface area contributed by atoms with Gasteiger partial charge in [-0.1, -0.05) is 13.3 Å². The minimum absolute atomic E-state index is 0.440. The number of amides is 1. The molecule has 0 aliphatic heterocycles. The van der Waals surface area contributed by atoms with Gasteiger partial charge in [-0.05, 0) is 42.9 Å². The average Bonchev–Trinajstić information content (AvgIpc) is 2.73. The van der Waals surface area contributed by atoms with Crippen LogP contribution in [0.15, 0.2) is 18.2 Å². The van der Waals surface area contributed by atoms with Gasteiger partial charge in [0.05, 0.1) is 5.56 Å². The van der Waals surface area contributed by atoms with E-state index >= 15 is 0 Å². The van der Waals surface area contributed by atoms with Crippen molar-refractivity contribution in [3.8, 4) is 0 Å².